The van der Waals surface area contributed by atoms with E-state index in [0.717, 1.165) is 61.7 Å². The minimum atomic E-state index is 0.0909. The van der Waals surface area contributed by atoms with Crippen LogP contribution in [-0.4, -0.2) is 45.4 Å². The van der Waals surface area contributed by atoms with Crippen molar-refractivity contribution in [3.63, 3.8) is 0 Å². The van der Waals surface area contributed by atoms with Gasteiger partial charge in [0.2, 0.25) is 5.91 Å². The number of hydrogen-bond donors (Lipinski definition) is 0. The van der Waals surface area contributed by atoms with E-state index in [0.29, 0.717) is 5.91 Å². The van der Waals surface area contributed by atoms with Crippen molar-refractivity contribution in [2.75, 3.05) is 24.5 Å². The van der Waals surface area contributed by atoms with E-state index in [1.165, 1.54) is 15.8 Å². The molecule has 5 heterocycles. The molecule has 0 aliphatic carbocycles. The van der Waals surface area contributed by atoms with Gasteiger partial charge in [0.05, 0.1) is 17.1 Å². The predicted molar refractivity (Wildman–Crippen MR) is 120 cm³/mol. The van der Waals surface area contributed by atoms with Gasteiger partial charge in [0.25, 0.3) is 0 Å². The minimum Gasteiger partial charge on any atom is -0.356 e. The molecule has 2 saturated heterocycles. The largest absolute Gasteiger partial charge is 0.356 e. The Kier molecular flexibility index (Phi) is 5.15. The molecule has 6 nitrogen and oxygen atoms in total. The third-order valence-electron chi connectivity index (χ3n) is 6.65. The number of hydrogen-bond acceptors (Lipinski definition) is 6. The fourth-order valence-electron chi connectivity index (χ4n) is 4.89. The summed E-state index contributed by atoms with van der Waals surface area (Å²) < 4.78 is 0. The van der Waals surface area contributed by atoms with Crippen LogP contribution < -0.4 is 4.90 Å². The van der Waals surface area contributed by atoms with Crippen LogP contribution in [0.25, 0.3) is 10.2 Å². The molecule has 3 aromatic rings. The number of rotatable bonds is 3. The number of amides is 1. The highest BCUT2D eigenvalue weighted by atomic mass is 32.1. The van der Waals surface area contributed by atoms with E-state index in [-0.39, 0.29) is 12.0 Å². The lowest BCUT2D eigenvalue weighted by Gasteiger charge is -2.35. The van der Waals surface area contributed by atoms with Crippen LogP contribution in [-0.2, 0) is 4.79 Å². The summed E-state index contributed by atoms with van der Waals surface area (Å²) in [5, 5.41) is 1.18. The molecule has 156 valence electrons. The summed E-state index contributed by atoms with van der Waals surface area (Å²) in [5.74, 6) is 1.42. The van der Waals surface area contributed by atoms with Crippen molar-refractivity contribution in [1.29, 1.82) is 0 Å². The number of nitrogens with zero attached hydrogens (tertiary/aromatic N) is 5. The second kappa shape index (κ2) is 7.95. The molecule has 0 N–H and O–H groups in total. The van der Waals surface area contributed by atoms with Gasteiger partial charge < -0.3 is 9.80 Å². The Bertz CT molecular complexity index is 1060. The van der Waals surface area contributed by atoms with Gasteiger partial charge in [-0.2, -0.15) is 0 Å². The van der Waals surface area contributed by atoms with Gasteiger partial charge in [-0.05, 0) is 57.2 Å². The van der Waals surface area contributed by atoms with Crippen molar-refractivity contribution in [1.82, 2.24) is 19.9 Å². The Morgan fingerprint density at radius 1 is 1.07 bits per heavy atom. The van der Waals surface area contributed by atoms with Crippen molar-refractivity contribution >= 4 is 33.3 Å². The Morgan fingerprint density at radius 2 is 1.90 bits per heavy atom. The van der Waals surface area contributed by atoms with Gasteiger partial charge in [0.1, 0.15) is 17.0 Å². The molecule has 30 heavy (non-hydrogen) atoms. The summed E-state index contributed by atoms with van der Waals surface area (Å²) in [6.07, 6.45) is 7.31. The average Bonchev–Trinajstić information content (AvgIpc) is 3.39. The number of piperidine rings is 1. The zero-order valence-corrected chi connectivity index (χ0v) is 18.4. The highest BCUT2D eigenvalue weighted by Crippen LogP contribution is 2.37. The zero-order valence-electron chi connectivity index (χ0n) is 17.5. The maximum absolute atomic E-state index is 13.4. The van der Waals surface area contributed by atoms with E-state index in [9.17, 15) is 4.79 Å². The van der Waals surface area contributed by atoms with Crippen molar-refractivity contribution in [3.8, 4) is 0 Å². The average molecular weight is 422 g/mol. The Labute approximate surface area is 181 Å². The molecular formula is C23H27N5OS. The lowest BCUT2D eigenvalue weighted by Crippen LogP contribution is -2.42. The summed E-state index contributed by atoms with van der Waals surface area (Å²) in [6, 6.07) is 6.12. The number of carbonyl (C=O) groups is 1. The molecular weight excluding hydrogens is 394 g/mol. The van der Waals surface area contributed by atoms with E-state index in [1.54, 1.807) is 17.7 Å². The normalized spacial score (nSPS) is 20.3. The van der Waals surface area contributed by atoms with Gasteiger partial charge in [0, 0.05) is 36.6 Å². The number of likely N-dealkylation sites (tertiary alicyclic amines) is 1. The van der Waals surface area contributed by atoms with Crippen LogP contribution in [0.5, 0.6) is 0 Å². The van der Waals surface area contributed by atoms with E-state index < -0.39 is 0 Å². The smallest absolute Gasteiger partial charge is 0.226 e. The van der Waals surface area contributed by atoms with Crippen molar-refractivity contribution in [2.24, 2.45) is 5.92 Å². The quantitative estimate of drug-likeness (QED) is 0.632. The van der Waals surface area contributed by atoms with Gasteiger partial charge in [0.15, 0.2) is 0 Å². The van der Waals surface area contributed by atoms with Crippen LogP contribution in [0, 0.1) is 19.8 Å². The molecule has 1 atom stereocenters. The second-order valence-corrected chi connectivity index (χ2v) is 9.57. The van der Waals surface area contributed by atoms with Crippen LogP contribution in [0.4, 0.5) is 5.82 Å². The highest BCUT2D eigenvalue weighted by molar-refractivity contribution is 7.18. The number of aryl methyl sites for hydroxylation is 2. The van der Waals surface area contributed by atoms with Crippen molar-refractivity contribution < 1.29 is 4.79 Å². The Morgan fingerprint density at radius 3 is 2.67 bits per heavy atom. The first kappa shape index (κ1) is 19.4. The molecule has 2 fully saturated rings. The molecule has 1 amide bonds. The number of anilines is 1. The molecule has 5 rings (SSSR count). The summed E-state index contributed by atoms with van der Waals surface area (Å²) in [4.78, 5) is 33.7. The Hall–Kier alpha value is -2.54. The molecule has 7 heteroatoms. The van der Waals surface area contributed by atoms with Crippen LogP contribution in [0.2, 0.25) is 0 Å². The number of pyridine rings is 1. The van der Waals surface area contributed by atoms with Crippen molar-refractivity contribution in [3.05, 3.63) is 46.9 Å². The summed E-state index contributed by atoms with van der Waals surface area (Å²) >= 11 is 1.73. The molecule has 2 aliphatic heterocycles. The molecule has 0 radical (unpaired) electrons. The van der Waals surface area contributed by atoms with E-state index in [2.05, 4.69) is 38.6 Å². The SMILES string of the molecule is Cc1sc2ncnc(N3CCC(C(=O)N4CCCC4c4ccccn4)CC3)c2c1C. The van der Waals surface area contributed by atoms with Crippen LogP contribution >= 0.6 is 11.3 Å². The van der Waals surface area contributed by atoms with Crippen LogP contribution in [0.3, 0.4) is 0 Å². The monoisotopic (exact) mass is 421 g/mol. The zero-order chi connectivity index (χ0) is 20.7. The third kappa shape index (κ3) is 3.35. The highest BCUT2D eigenvalue weighted by Gasteiger charge is 2.36. The van der Waals surface area contributed by atoms with Crippen LogP contribution in [0.1, 0.15) is 47.9 Å². The number of fused-ring (bicyclic) bond motifs is 1. The summed E-state index contributed by atoms with van der Waals surface area (Å²) in [5.41, 5.74) is 2.30. The fraction of sp³-hybridized carbons (Fsp3) is 0.478. The van der Waals surface area contributed by atoms with E-state index in [1.807, 2.05) is 24.4 Å². The fourth-order valence-corrected chi connectivity index (χ4v) is 5.88. The number of thiophene rings is 1. The third-order valence-corrected chi connectivity index (χ3v) is 7.77. The molecule has 0 aromatic carbocycles. The standard InChI is InChI=1S/C23H27N5OS/c1-15-16(2)30-22-20(15)21(25-14-26-22)27-12-8-17(9-13-27)23(29)28-11-5-7-19(28)18-6-3-4-10-24-18/h3-4,6,10,14,17,19H,5,7-9,11-13H2,1-2H3. The topological polar surface area (TPSA) is 62.2 Å². The molecule has 0 bridgehead atoms. The molecule has 3 aromatic heterocycles. The first-order chi connectivity index (χ1) is 14.6. The first-order valence-electron chi connectivity index (χ1n) is 10.8. The number of aromatic nitrogens is 3. The predicted octanol–water partition coefficient (Wildman–Crippen LogP) is 4.28. The second-order valence-electron chi connectivity index (χ2n) is 8.37. The Balaban J connectivity index is 1.30. The maximum atomic E-state index is 13.4. The van der Waals surface area contributed by atoms with Crippen LogP contribution in [0.15, 0.2) is 30.7 Å². The van der Waals surface area contributed by atoms with Gasteiger partial charge >= 0.3 is 0 Å². The number of carbonyl (C=O) groups excluding carboxylic acids is 1. The minimum absolute atomic E-state index is 0.0909. The molecule has 0 spiro atoms. The van der Waals surface area contributed by atoms with Gasteiger partial charge in [-0.1, -0.05) is 6.07 Å². The van der Waals surface area contributed by atoms with Gasteiger partial charge in [-0.25, -0.2) is 9.97 Å². The lowest BCUT2D eigenvalue weighted by atomic mass is 9.94. The summed E-state index contributed by atoms with van der Waals surface area (Å²) in [7, 11) is 0. The first-order valence-corrected chi connectivity index (χ1v) is 11.6. The molecule has 1 unspecified atom stereocenters. The van der Waals surface area contributed by atoms with E-state index in [4.69, 9.17) is 0 Å². The van der Waals surface area contributed by atoms with Gasteiger partial charge in [-0.15, -0.1) is 11.3 Å². The van der Waals surface area contributed by atoms with E-state index >= 15 is 0 Å². The maximum Gasteiger partial charge on any atom is 0.226 e. The molecule has 2 aliphatic rings. The van der Waals surface area contributed by atoms with Gasteiger partial charge in [-0.3, -0.25) is 9.78 Å². The summed E-state index contributed by atoms with van der Waals surface area (Å²) in [6.45, 7) is 6.87. The van der Waals surface area contributed by atoms with Crippen molar-refractivity contribution in [2.45, 2.75) is 45.6 Å². The molecule has 0 saturated carbocycles. The lowest BCUT2D eigenvalue weighted by molar-refractivity contribution is -0.137.